The minimum atomic E-state index is 0.698. The van der Waals surface area contributed by atoms with E-state index in [2.05, 4.69) is 47.1 Å². The van der Waals surface area contributed by atoms with E-state index in [0.717, 1.165) is 13.0 Å². The minimum Gasteiger partial charge on any atom is -0.314 e. The summed E-state index contributed by atoms with van der Waals surface area (Å²) in [4.78, 5) is 1.62. The highest BCUT2D eigenvalue weighted by molar-refractivity contribution is 7.10. The van der Waals surface area contributed by atoms with Crippen LogP contribution in [0.15, 0.2) is 41.8 Å². The first-order chi connectivity index (χ1) is 9.42. The van der Waals surface area contributed by atoms with Crippen LogP contribution in [0.4, 0.5) is 0 Å². The lowest BCUT2D eigenvalue weighted by Gasteiger charge is -2.16. The molecule has 0 radical (unpaired) electrons. The van der Waals surface area contributed by atoms with Crippen molar-refractivity contribution in [2.45, 2.75) is 38.1 Å². The van der Waals surface area contributed by atoms with Gasteiger partial charge in [0.2, 0.25) is 0 Å². The van der Waals surface area contributed by atoms with Gasteiger partial charge in [0, 0.05) is 10.9 Å². The standard InChI is InChI=1S/C17H21NS/c1-2-4-14(5-3-1)10-12-18-16-7-6-15-11-13-19-17(15)9-8-16/h1-5,11,13,16,18H,6-10,12H2. The smallest absolute Gasteiger partial charge is 0.00778 e. The molecule has 100 valence electrons. The maximum Gasteiger partial charge on any atom is 0.00778 e. The van der Waals surface area contributed by atoms with Crippen LogP contribution in [-0.4, -0.2) is 12.6 Å². The Morgan fingerprint density at radius 3 is 2.79 bits per heavy atom. The van der Waals surface area contributed by atoms with E-state index in [4.69, 9.17) is 0 Å². The van der Waals surface area contributed by atoms with Gasteiger partial charge in [-0.3, -0.25) is 0 Å². The van der Waals surface area contributed by atoms with Crippen LogP contribution >= 0.6 is 11.3 Å². The van der Waals surface area contributed by atoms with Gasteiger partial charge >= 0.3 is 0 Å². The van der Waals surface area contributed by atoms with Crippen molar-refractivity contribution in [1.29, 1.82) is 0 Å². The number of benzene rings is 1. The third kappa shape index (κ3) is 3.46. The van der Waals surface area contributed by atoms with Crippen molar-refractivity contribution in [2.75, 3.05) is 6.54 Å². The van der Waals surface area contributed by atoms with Crippen LogP contribution in [0, 0.1) is 0 Å². The largest absolute Gasteiger partial charge is 0.314 e. The quantitative estimate of drug-likeness (QED) is 0.833. The van der Waals surface area contributed by atoms with E-state index in [1.807, 2.05) is 11.3 Å². The highest BCUT2D eigenvalue weighted by Gasteiger charge is 2.16. The first kappa shape index (κ1) is 12.9. The summed E-state index contributed by atoms with van der Waals surface area (Å²) in [6.07, 6.45) is 6.23. The van der Waals surface area contributed by atoms with Gasteiger partial charge in [-0.25, -0.2) is 0 Å². The Labute approximate surface area is 119 Å². The molecule has 19 heavy (non-hydrogen) atoms. The van der Waals surface area contributed by atoms with Gasteiger partial charge in [-0.1, -0.05) is 30.3 Å². The van der Waals surface area contributed by atoms with E-state index >= 15 is 0 Å². The number of hydrogen-bond acceptors (Lipinski definition) is 2. The van der Waals surface area contributed by atoms with Crippen LogP contribution in [0.3, 0.4) is 0 Å². The zero-order chi connectivity index (χ0) is 12.9. The molecule has 1 aromatic carbocycles. The Morgan fingerprint density at radius 2 is 1.89 bits per heavy atom. The first-order valence-corrected chi connectivity index (χ1v) is 8.12. The fraction of sp³-hybridized carbons (Fsp3) is 0.412. The van der Waals surface area contributed by atoms with Crippen molar-refractivity contribution in [3.63, 3.8) is 0 Å². The van der Waals surface area contributed by atoms with E-state index in [1.165, 1.54) is 31.2 Å². The lowest BCUT2D eigenvalue weighted by Crippen LogP contribution is -2.31. The van der Waals surface area contributed by atoms with Gasteiger partial charge in [-0.2, -0.15) is 0 Å². The summed E-state index contributed by atoms with van der Waals surface area (Å²) in [7, 11) is 0. The van der Waals surface area contributed by atoms with Crippen LogP contribution in [-0.2, 0) is 19.3 Å². The molecule has 1 atom stereocenters. The molecule has 2 aromatic rings. The Kier molecular flexibility index (Phi) is 4.31. The van der Waals surface area contributed by atoms with E-state index in [0.29, 0.717) is 6.04 Å². The van der Waals surface area contributed by atoms with Crippen molar-refractivity contribution in [2.24, 2.45) is 0 Å². The molecule has 0 fully saturated rings. The van der Waals surface area contributed by atoms with Crippen LogP contribution < -0.4 is 5.32 Å². The monoisotopic (exact) mass is 271 g/mol. The molecule has 1 aromatic heterocycles. The van der Waals surface area contributed by atoms with Gasteiger partial charge in [-0.05, 0) is 61.2 Å². The summed E-state index contributed by atoms with van der Waals surface area (Å²) in [5.74, 6) is 0. The zero-order valence-corrected chi connectivity index (χ0v) is 12.1. The van der Waals surface area contributed by atoms with E-state index < -0.39 is 0 Å². The summed E-state index contributed by atoms with van der Waals surface area (Å²) < 4.78 is 0. The van der Waals surface area contributed by atoms with Crippen molar-refractivity contribution in [1.82, 2.24) is 5.32 Å². The SMILES string of the molecule is c1ccc(CCNC2CCc3ccsc3CC2)cc1. The van der Waals surface area contributed by atoms with Crippen molar-refractivity contribution >= 4 is 11.3 Å². The summed E-state index contributed by atoms with van der Waals surface area (Å²) in [5.41, 5.74) is 3.03. The molecule has 3 rings (SSSR count). The van der Waals surface area contributed by atoms with Crippen molar-refractivity contribution in [3.8, 4) is 0 Å². The van der Waals surface area contributed by atoms with Crippen LogP contribution in [0.2, 0.25) is 0 Å². The summed E-state index contributed by atoms with van der Waals surface area (Å²) in [6, 6.07) is 13.8. The van der Waals surface area contributed by atoms with Gasteiger partial charge in [-0.15, -0.1) is 11.3 Å². The number of hydrogen-bond donors (Lipinski definition) is 1. The second-order valence-corrected chi connectivity index (χ2v) is 6.33. The molecule has 0 amide bonds. The number of rotatable bonds is 4. The molecule has 0 saturated heterocycles. The molecular weight excluding hydrogens is 250 g/mol. The molecule has 1 aliphatic rings. The molecule has 2 heteroatoms. The molecule has 1 N–H and O–H groups in total. The number of aryl methyl sites for hydroxylation is 2. The fourth-order valence-corrected chi connectivity index (χ4v) is 3.81. The van der Waals surface area contributed by atoms with Gasteiger partial charge < -0.3 is 5.32 Å². The normalized spacial score (nSPS) is 18.8. The topological polar surface area (TPSA) is 12.0 Å². The average Bonchev–Trinajstić information content (AvgIpc) is 2.82. The predicted octanol–water partition coefficient (Wildman–Crippen LogP) is 3.83. The van der Waals surface area contributed by atoms with E-state index in [-0.39, 0.29) is 0 Å². The molecule has 1 unspecified atom stereocenters. The number of nitrogens with one attached hydrogen (secondary N) is 1. The zero-order valence-electron chi connectivity index (χ0n) is 11.3. The highest BCUT2D eigenvalue weighted by atomic mass is 32.1. The van der Waals surface area contributed by atoms with Gasteiger partial charge in [0.05, 0.1) is 0 Å². The Bertz CT molecular complexity index is 480. The van der Waals surface area contributed by atoms with Gasteiger partial charge in [0.15, 0.2) is 0 Å². The highest BCUT2D eigenvalue weighted by Crippen LogP contribution is 2.25. The molecule has 0 bridgehead atoms. The Morgan fingerprint density at radius 1 is 1.05 bits per heavy atom. The predicted molar refractivity (Wildman–Crippen MR) is 82.9 cm³/mol. The molecular formula is C17H21NS. The van der Waals surface area contributed by atoms with Gasteiger partial charge in [0.1, 0.15) is 0 Å². The third-order valence-electron chi connectivity index (χ3n) is 4.01. The van der Waals surface area contributed by atoms with Crippen LogP contribution in [0.5, 0.6) is 0 Å². The lowest BCUT2D eigenvalue weighted by atomic mass is 10.1. The second kappa shape index (κ2) is 6.36. The average molecular weight is 271 g/mol. The minimum absolute atomic E-state index is 0.698. The second-order valence-electron chi connectivity index (χ2n) is 5.33. The Balaban J connectivity index is 1.46. The molecule has 0 saturated carbocycles. The van der Waals surface area contributed by atoms with Crippen LogP contribution in [0.25, 0.3) is 0 Å². The molecule has 1 nitrogen and oxygen atoms in total. The molecule has 0 spiro atoms. The Hall–Kier alpha value is -1.12. The maximum absolute atomic E-state index is 3.74. The maximum atomic E-state index is 3.74. The fourth-order valence-electron chi connectivity index (χ4n) is 2.86. The van der Waals surface area contributed by atoms with E-state index in [9.17, 15) is 0 Å². The third-order valence-corrected chi connectivity index (χ3v) is 5.03. The number of fused-ring (bicyclic) bond motifs is 1. The summed E-state index contributed by atoms with van der Waals surface area (Å²) in [5, 5.41) is 5.98. The van der Waals surface area contributed by atoms with Crippen molar-refractivity contribution in [3.05, 3.63) is 57.8 Å². The molecule has 1 aliphatic carbocycles. The van der Waals surface area contributed by atoms with E-state index in [1.54, 1.807) is 10.4 Å². The number of thiophene rings is 1. The van der Waals surface area contributed by atoms with Gasteiger partial charge in [0.25, 0.3) is 0 Å². The molecule has 0 aliphatic heterocycles. The van der Waals surface area contributed by atoms with Crippen LogP contribution in [0.1, 0.15) is 28.8 Å². The van der Waals surface area contributed by atoms with Crippen molar-refractivity contribution < 1.29 is 0 Å². The first-order valence-electron chi connectivity index (χ1n) is 7.24. The lowest BCUT2D eigenvalue weighted by molar-refractivity contribution is 0.467. The summed E-state index contributed by atoms with van der Waals surface area (Å²) in [6.45, 7) is 1.10. The molecule has 1 heterocycles. The summed E-state index contributed by atoms with van der Waals surface area (Å²) >= 11 is 1.93.